The van der Waals surface area contributed by atoms with E-state index in [0.717, 1.165) is 13.0 Å². The maximum atomic E-state index is 13.4. The molecule has 6 nitrogen and oxygen atoms in total. The van der Waals surface area contributed by atoms with Gasteiger partial charge in [0.25, 0.3) is 5.91 Å². The maximum Gasteiger partial charge on any atom is 0.260 e. The van der Waals surface area contributed by atoms with Gasteiger partial charge in [-0.15, -0.1) is 11.3 Å². The standard InChI is InChI=1S/C29H33N3O3S/c1-21-8-10-23(11-9-21)29-25-13-17-36-26(25)12-14-31(29)19-27(33)30-15-16-32(22(2)18-30)28(34)20-35-24-6-4-3-5-7-24/h3-11,13,17,22,29H,12,14-16,18-20H2,1-2H3/t22-,29+/m0/s1. The highest BCUT2D eigenvalue weighted by molar-refractivity contribution is 7.10. The van der Waals surface area contributed by atoms with Gasteiger partial charge in [-0.25, -0.2) is 0 Å². The van der Waals surface area contributed by atoms with E-state index in [2.05, 4.69) is 47.5 Å². The Bertz CT molecular complexity index is 1190. The summed E-state index contributed by atoms with van der Waals surface area (Å²) in [6, 6.07) is 20.3. The molecule has 3 heterocycles. The molecule has 7 heteroatoms. The molecule has 0 N–H and O–H groups in total. The van der Waals surface area contributed by atoms with Crippen molar-refractivity contribution < 1.29 is 14.3 Å². The van der Waals surface area contributed by atoms with E-state index in [1.807, 2.05) is 58.4 Å². The largest absolute Gasteiger partial charge is 0.484 e. The number of amides is 2. The minimum absolute atomic E-state index is 0.0112. The third-order valence-electron chi connectivity index (χ3n) is 7.20. The van der Waals surface area contributed by atoms with Crippen molar-refractivity contribution >= 4 is 23.2 Å². The van der Waals surface area contributed by atoms with Gasteiger partial charge in [-0.3, -0.25) is 14.5 Å². The highest BCUT2D eigenvalue weighted by Crippen LogP contribution is 2.37. The number of hydrogen-bond acceptors (Lipinski definition) is 5. The Balaban J connectivity index is 1.21. The first kappa shape index (κ1) is 24.5. The maximum absolute atomic E-state index is 13.4. The van der Waals surface area contributed by atoms with Gasteiger partial charge in [-0.2, -0.15) is 0 Å². The van der Waals surface area contributed by atoms with E-state index >= 15 is 0 Å². The van der Waals surface area contributed by atoms with Crippen molar-refractivity contribution in [2.75, 3.05) is 39.3 Å². The van der Waals surface area contributed by atoms with Crippen LogP contribution in [0.2, 0.25) is 0 Å². The zero-order chi connectivity index (χ0) is 25.1. The average molecular weight is 504 g/mol. The molecule has 1 fully saturated rings. The van der Waals surface area contributed by atoms with Crippen LogP contribution in [0, 0.1) is 6.92 Å². The van der Waals surface area contributed by atoms with Gasteiger partial charge < -0.3 is 14.5 Å². The number of nitrogens with zero attached hydrogens (tertiary/aromatic N) is 3. The first-order valence-corrected chi connectivity index (χ1v) is 13.5. The highest BCUT2D eigenvalue weighted by atomic mass is 32.1. The molecule has 5 rings (SSSR count). The second kappa shape index (κ2) is 10.8. The van der Waals surface area contributed by atoms with Crippen molar-refractivity contribution in [3.05, 3.63) is 87.6 Å². The predicted molar refractivity (Wildman–Crippen MR) is 142 cm³/mol. The molecular formula is C29H33N3O3S. The Morgan fingerprint density at radius 2 is 1.75 bits per heavy atom. The molecule has 0 aliphatic carbocycles. The molecular weight excluding hydrogens is 470 g/mol. The second-order valence-corrected chi connectivity index (χ2v) is 10.7. The summed E-state index contributed by atoms with van der Waals surface area (Å²) < 4.78 is 5.65. The quantitative estimate of drug-likeness (QED) is 0.507. The molecule has 2 aliphatic rings. The molecule has 0 unspecified atom stereocenters. The van der Waals surface area contributed by atoms with Gasteiger partial charge in [-0.1, -0.05) is 48.0 Å². The van der Waals surface area contributed by atoms with Crippen LogP contribution in [0.15, 0.2) is 66.0 Å². The number of para-hydroxylation sites is 1. The fourth-order valence-electron chi connectivity index (χ4n) is 5.25. The Kier molecular flexibility index (Phi) is 7.39. The number of carbonyl (C=O) groups is 2. The van der Waals surface area contributed by atoms with Crippen LogP contribution in [0.4, 0.5) is 0 Å². The third kappa shape index (κ3) is 5.32. The van der Waals surface area contributed by atoms with Gasteiger partial charge in [0.05, 0.1) is 12.6 Å². The van der Waals surface area contributed by atoms with Crippen molar-refractivity contribution in [1.82, 2.24) is 14.7 Å². The van der Waals surface area contributed by atoms with E-state index in [1.165, 1.54) is 21.6 Å². The molecule has 2 amide bonds. The van der Waals surface area contributed by atoms with Crippen LogP contribution in [0.25, 0.3) is 0 Å². The molecule has 0 bridgehead atoms. The van der Waals surface area contributed by atoms with Gasteiger partial charge in [0.2, 0.25) is 5.91 Å². The first-order chi connectivity index (χ1) is 17.5. The van der Waals surface area contributed by atoms with Crippen LogP contribution >= 0.6 is 11.3 Å². The fraction of sp³-hybridized carbons (Fsp3) is 0.379. The van der Waals surface area contributed by atoms with Crippen LogP contribution in [0.3, 0.4) is 0 Å². The molecule has 1 aromatic heterocycles. The summed E-state index contributed by atoms with van der Waals surface area (Å²) in [7, 11) is 0. The summed E-state index contributed by atoms with van der Waals surface area (Å²) in [5, 5.41) is 2.16. The van der Waals surface area contributed by atoms with Crippen molar-refractivity contribution in [2.24, 2.45) is 0 Å². The molecule has 3 aromatic rings. The smallest absolute Gasteiger partial charge is 0.260 e. The van der Waals surface area contributed by atoms with Crippen molar-refractivity contribution in [3.63, 3.8) is 0 Å². The van der Waals surface area contributed by atoms with Crippen LogP contribution < -0.4 is 4.74 Å². The van der Waals surface area contributed by atoms with E-state index in [1.54, 1.807) is 0 Å². The lowest BCUT2D eigenvalue weighted by Gasteiger charge is -2.42. The molecule has 1 saturated heterocycles. The lowest BCUT2D eigenvalue weighted by molar-refractivity contribution is -0.144. The van der Waals surface area contributed by atoms with E-state index < -0.39 is 0 Å². The number of benzene rings is 2. The van der Waals surface area contributed by atoms with Gasteiger partial charge in [0, 0.05) is 37.1 Å². The number of fused-ring (bicyclic) bond motifs is 1. The van der Waals surface area contributed by atoms with Gasteiger partial charge in [0.15, 0.2) is 6.61 Å². The topological polar surface area (TPSA) is 53.1 Å². The lowest BCUT2D eigenvalue weighted by atomic mass is 9.92. The number of piperazine rings is 1. The van der Waals surface area contributed by atoms with E-state index in [-0.39, 0.29) is 30.5 Å². The Hall–Kier alpha value is -3.16. The summed E-state index contributed by atoms with van der Waals surface area (Å²) >= 11 is 1.81. The monoisotopic (exact) mass is 503 g/mol. The van der Waals surface area contributed by atoms with Crippen molar-refractivity contribution in [3.8, 4) is 5.75 Å². The number of ether oxygens (including phenoxy) is 1. The van der Waals surface area contributed by atoms with E-state index in [0.29, 0.717) is 31.9 Å². The predicted octanol–water partition coefficient (Wildman–Crippen LogP) is 4.14. The van der Waals surface area contributed by atoms with Crippen molar-refractivity contribution in [2.45, 2.75) is 32.4 Å². The average Bonchev–Trinajstić information content (AvgIpc) is 3.37. The normalized spacial score (nSPS) is 20.2. The number of aryl methyl sites for hydroxylation is 1. The lowest BCUT2D eigenvalue weighted by Crippen LogP contribution is -2.57. The first-order valence-electron chi connectivity index (χ1n) is 12.6. The molecule has 0 radical (unpaired) electrons. The van der Waals surface area contributed by atoms with Crippen LogP contribution in [-0.2, 0) is 16.0 Å². The van der Waals surface area contributed by atoms with Gasteiger partial charge in [0.1, 0.15) is 5.75 Å². The zero-order valence-corrected chi connectivity index (χ0v) is 21.7. The van der Waals surface area contributed by atoms with Crippen LogP contribution in [0.1, 0.15) is 34.5 Å². The molecule has 2 aromatic carbocycles. The third-order valence-corrected chi connectivity index (χ3v) is 8.20. The SMILES string of the molecule is Cc1ccc([C@@H]2c3ccsc3CCN2CC(=O)N2CCN(C(=O)COc3ccccc3)[C@@H](C)C2)cc1. The summed E-state index contributed by atoms with van der Waals surface area (Å²) in [6.07, 6.45) is 0.975. The molecule has 0 saturated carbocycles. The zero-order valence-electron chi connectivity index (χ0n) is 20.9. The minimum atomic E-state index is -0.0488. The molecule has 2 atom stereocenters. The minimum Gasteiger partial charge on any atom is -0.484 e. The van der Waals surface area contributed by atoms with Gasteiger partial charge >= 0.3 is 0 Å². The Morgan fingerprint density at radius 1 is 0.972 bits per heavy atom. The summed E-state index contributed by atoms with van der Waals surface area (Å²) in [5.74, 6) is 0.773. The molecule has 36 heavy (non-hydrogen) atoms. The molecule has 2 aliphatic heterocycles. The fourth-order valence-corrected chi connectivity index (χ4v) is 6.15. The summed E-state index contributed by atoms with van der Waals surface area (Å²) in [6.45, 7) is 6.98. The Morgan fingerprint density at radius 3 is 2.50 bits per heavy atom. The van der Waals surface area contributed by atoms with Crippen LogP contribution in [-0.4, -0.2) is 71.9 Å². The van der Waals surface area contributed by atoms with Gasteiger partial charge in [-0.05, 0) is 55.0 Å². The number of hydrogen-bond donors (Lipinski definition) is 0. The highest BCUT2D eigenvalue weighted by Gasteiger charge is 2.34. The summed E-state index contributed by atoms with van der Waals surface area (Å²) in [5.41, 5.74) is 3.79. The second-order valence-electron chi connectivity index (χ2n) is 9.71. The number of rotatable bonds is 6. The van der Waals surface area contributed by atoms with Crippen LogP contribution in [0.5, 0.6) is 5.75 Å². The van der Waals surface area contributed by atoms with E-state index in [4.69, 9.17) is 4.74 Å². The molecule has 188 valence electrons. The van der Waals surface area contributed by atoms with E-state index in [9.17, 15) is 9.59 Å². The number of carbonyl (C=O) groups excluding carboxylic acids is 2. The number of thiophene rings is 1. The summed E-state index contributed by atoms with van der Waals surface area (Å²) in [4.78, 5) is 33.7. The molecule has 0 spiro atoms. The Labute approximate surface area is 217 Å². The van der Waals surface area contributed by atoms with Crippen molar-refractivity contribution in [1.29, 1.82) is 0 Å².